The molecule has 2 heterocycles. The number of nitrogens with two attached hydrogens (primary N) is 1. The van der Waals surface area contributed by atoms with Crippen molar-refractivity contribution in [1.29, 1.82) is 0 Å². The quantitative estimate of drug-likeness (QED) is 0.637. The summed E-state index contributed by atoms with van der Waals surface area (Å²) in [5.74, 6) is -0.0610. The minimum absolute atomic E-state index is 0.0610. The van der Waals surface area contributed by atoms with Crippen LogP contribution in [0, 0.1) is 0 Å². The first-order valence-corrected chi connectivity index (χ1v) is 5.46. The van der Waals surface area contributed by atoms with Gasteiger partial charge in [-0.15, -0.1) is 0 Å². The zero-order chi connectivity index (χ0) is 14.2. The van der Waals surface area contributed by atoms with E-state index in [1.54, 1.807) is 0 Å². The predicted molar refractivity (Wildman–Crippen MR) is 59.7 cm³/mol. The highest BCUT2D eigenvalue weighted by atomic mass is 19.1. The van der Waals surface area contributed by atoms with E-state index in [-0.39, 0.29) is 5.82 Å². The van der Waals surface area contributed by atoms with Gasteiger partial charge < -0.3 is 20.7 Å². The molecule has 0 aliphatic carbocycles. The molecule has 4 N–H and O–H groups in total. The van der Waals surface area contributed by atoms with Crippen molar-refractivity contribution in [2.24, 2.45) is 0 Å². The molecule has 1 aromatic heterocycles. The topological polar surface area (TPSA) is 111 Å². The molecule has 0 saturated carbocycles. The van der Waals surface area contributed by atoms with E-state index in [1.807, 2.05) is 0 Å². The van der Waals surface area contributed by atoms with Gasteiger partial charge in [0, 0.05) is 6.20 Å². The van der Waals surface area contributed by atoms with Gasteiger partial charge in [-0.2, -0.15) is 4.98 Å². The molecule has 4 atom stereocenters. The number of nitrogen functional groups attached to an aromatic ring is 1. The first kappa shape index (κ1) is 13.8. The summed E-state index contributed by atoms with van der Waals surface area (Å²) in [6, 6.07) is 1.23. The van der Waals surface area contributed by atoms with Crippen LogP contribution in [-0.2, 0) is 4.74 Å². The molecule has 1 aromatic rings. The highest BCUT2D eigenvalue weighted by Gasteiger charge is 2.56. The molecule has 1 aliphatic rings. The van der Waals surface area contributed by atoms with Gasteiger partial charge in [0.05, 0.1) is 6.61 Å². The lowest BCUT2D eigenvalue weighted by atomic mass is 9.98. The van der Waals surface area contributed by atoms with Gasteiger partial charge in [0.2, 0.25) is 0 Å². The molecule has 7 nitrogen and oxygen atoms in total. The number of halogens is 2. The number of anilines is 1. The second-order valence-corrected chi connectivity index (χ2v) is 4.30. The van der Waals surface area contributed by atoms with Crippen LogP contribution in [0.3, 0.4) is 0 Å². The standard InChI is InChI=1S/C10H13F2N3O4/c11-3-10(4-16)7(17)6(12)8(19-10)15-2-1-5(13)14-9(15)18/h1-2,6-8,16-17H,3-4H2,(H2,13,14,18)/t6-,7+,8-,10-/m1/s1. The molecule has 0 unspecified atom stereocenters. The lowest BCUT2D eigenvalue weighted by Crippen LogP contribution is -2.47. The van der Waals surface area contributed by atoms with Crippen LogP contribution in [0.1, 0.15) is 6.23 Å². The Kier molecular flexibility index (Phi) is 3.52. The van der Waals surface area contributed by atoms with Crippen molar-refractivity contribution in [3.63, 3.8) is 0 Å². The van der Waals surface area contributed by atoms with Crippen LogP contribution in [0.5, 0.6) is 0 Å². The number of aromatic nitrogens is 2. The Morgan fingerprint density at radius 2 is 2.32 bits per heavy atom. The fraction of sp³-hybridized carbons (Fsp3) is 0.600. The largest absolute Gasteiger partial charge is 0.393 e. The van der Waals surface area contributed by atoms with Gasteiger partial charge in [-0.05, 0) is 6.07 Å². The van der Waals surface area contributed by atoms with Crippen molar-refractivity contribution < 1.29 is 23.7 Å². The number of nitrogens with zero attached hydrogens (tertiary/aromatic N) is 2. The van der Waals surface area contributed by atoms with Gasteiger partial charge in [-0.1, -0.05) is 0 Å². The third-order valence-electron chi connectivity index (χ3n) is 3.09. The molecular formula is C10H13F2N3O4. The number of hydrogen-bond donors (Lipinski definition) is 3. The van der Waals surface area contributed by atoms with Gasteiger partial charge in [-0.3, -0.25) is 4.57 Å². The summed E-state index contributed by atoms with van der Waals surface area (Å²) >= 11 is 0. The molecular weight excluding hydrogens is 264 g/mol. The monoisotopic (exact) mass is 277 g/mol. The molecule has 9 heteroatoms. The van der Waals surface area contributed by atoms with E-state index in [4.69, 9.17) is 15.6 Å². The zero-order valence-corrected chi connectivity index (χ0v) is 9.74. The molecule has 0 amide bonds. The Bertz CT molecular complexity index is 520. The number of aliphatic hydroxyl groups is 2. The van der Waals surface area contributed by atoms with Crippen LogP contribution >= 0.6 is 0 Å². The summed E-state index contributed by atoms with van der Waals surface area (Å²) in [4.78, 5) is 14.9. The summed E-state index contributed by atoms with van der Waals surface area (Å²) in [7, 11) is 0. The summed E-state index contributed by atoms with van der Waals surface area (Å²) in [5.41, 5.74) is 2.31. The van der Waals surface area contributed by atoms with E-state index in [9.17, 15) is 18.7 Å². The molecule has 0 aromatic carbocycles. The molecule has 1 aliphatic heterocycles. The third kappa shape index (κ3) is 2.09. The molecule has 1 fully saturated rings. The maximum atomic E-state index is 13.9. The molecule has 2 rings (SSSR count). The lowest BCUT2D eigenvalue weighted by Gasteiger charge is -2.25. The second-order valence-electron chi connectivity index (χ2n) is 4.30. The maximum absolute atomic E-state index is 13.9. The number of rotatable bonds is 3. The van der Waals surface area contributed by atoms with Crippen molar-refractivity contribution >= 4 is 5.82 Å². The Labute approximate surface area is 106 Å². The van der Waals surface area contributed by atoms with Crippen LogP contribution in [0.2, 0.25) is 0 Å². The number of alkyl halides is 2. The van der Waals surface area contributed by atoms with E-state index < -0.39 is 43.1 Å². The summed E-state index contributed by atoms with van der Waals surface area (Å²) < 4.78 is 32.6. The summed E-state index contributed by atoms with van der Waals surface area (Å²) in [6.45, 7) is -2.21. The Hall–Kier alpha value is -1.58. The van der Waals surface area contributed by atoms with E-state index in [1.165, 1.54) is 6.07 Å². The highest BCUT2D eigenvalue weighted by Crippen LogP contribution is 2.38. The molecule has 0 spiro atoms. The van der Waals surface area contributed by atoms with Gasteiger partial charge in [0.15, 0.2) is 18.0 Å². The fourth-order valence-electron chi connectivity index (χ4n) is 1.93. The first-order chi connectivity index (χ1) is 8.95. The van der Waals surface area contributed by atoms with Gasteiger partial charge >= 0.3 is 5.69 Å². The van der Waals surface area contributed by atoms with Crippen molar-refractivity contribution in [3.8, 4) is 0 Å². The molecule has 106 valence electrons. The van der Waals surface area contributed by atoms with Crippen LogP contribution in [0.15, 0.2) is 17.1 Å². The van der Waals surface area contributed by atoms with E-state index in [0.29, 0.717) is 0 Å². The van der Waals surface area contributed by atoms with Crippen LogP contribution in [0.25, 0.3) is 0 Å². The first-order valence-electron chi connectivity index (χ1n) is 5.46. The average Bonchev–Trinajstić information content (AvgIpc) is 2.64. The number of aliphatic hydroxyl groups excluding tert-OH is 2. The molecule has 0 radical (unpaired) electrons. The van der Waals surface area contributed by atoms with Gasteiger partial charge in [-0.25, -0.2) is 13.6 Å². The maximum Gasteiger partial charge on any atom is 0.351 e. The molecule has 1 saturated heterocycles. The van der Waals surface area contributed by atoms with Crippen molar-refractivity contribution in [3.05, 3.63) is 22.7 Å². The van der Waals surface area contributed by atoms with Crippen molar-refractivity contribution in [2.75, 3.05) is 19.0 Å². The lowest BCUT2D eigenvalue weighted by molar-refractivity contribution is -0.138. The van der Waals surface area contributed by atoms with Crippen molar-refractivity contribution in [1.82, 2.24) is 9.55 Å². The van der Waals surface area contributed by atoms with Crippen molar-refractivity contribution in [2.45, 2.75) is 24.1 Å². The fourth-order valence-corrected chi connectivity index (χ4v) is 1.93. The highest BCUT2D eigenvalue weighted by molar-refractivity contribution is 5.23. The Balaban J connectivity index is 2.39. The summed E-state index contributed by atoms with van der Waals surface area (Å²) in [5, 5.41) is 18.7. The second kappa shape index (κ2) is 4.83. The van der Waals surface area contributed by atoms with E-state index in [2.05, 4.69) is 4.98 Å². The summed E-state index contributed by atoms with van der Waals surface area (Å²) in [6.07, 6.45) is -4.41. The Morgan fingerprint density at radius 3 is 2.79 bits per heavy atom. The minimum Gasteiger partial charge on any atom is -0.393 e. The predicted octanol–water partition coefficient (Wildman–Crippen LogP) is -1.25. The van der Waals surface area contributed by atoms with Crippen LogP contribution < -0.4 is 11.4 Å². The minimum atomic E-state index is -2.08. The van der Waals surface area contributed by atoms with E-state index in [0.717, 1.165) is 10.8 Å². The van der Waals surface area contributed by atoms with E-state index >= 15 is 0 Å². The van der Waals surface area contributed by atoms with Crippen LogP contribution in [-0.4, -0.2) is 50.9 Å². The van der Waals surface area contributed by atoms with Gasteiger partial charge in [0.1, 0.15) is 18.6 Å². The third-order valence-corrected chi connectivity index (χ3v) is 3.09. The number of hydrogen-bond acceptors (Lipinski definition) is 6. The number of ether oxygens (including phenoxy) is 1. The molecule has 0 bridgehead atoms. The SMILES string of the molecule is Nc1ccn([C@@H]2O[C@@](CO)(CF)[C@@H](O)[C@H]2F)c(=O)n1. The van der Waals surface area contributed by atoms with Gasteiger partial charge in [0.25, 0.3) is 0 Å². The zero-order valence-electron chi connectivity index (χ0n) is 9.74. The smallest absolute Gasteiger partial charge is 0.351 e. The Morgan fingerprint density at radius 1 is 1.63 bits per heavy atom. The van der Waals surface area contributed by atoms with Crippen LogP contribution in [0.4, 0.5) is 14.6 Å². The normalized spacial score (nSPS) is 34.6. The molecule has 19 heavy (non-hydrogen) atoms. The average molecular weight is 277 g/mol.